The molecule has 4 nitrogen and oxygen atoms in total. The third-order valence-corrected chi connectivity index (χ3v) is 1.55. The summed E-state index contributed by atoms with van der Waals surface area (Å²) in [5, 5.41) is 0. The van der Waals surface area contributed by atoms with Crippen molar-refractivity contribution in [3.63, 3.8) is 0 Å². The van der Waals surface area contributed by atoms with Crippen molar-refractivity contribution in [1.82, 2.24) is 0 Å². The van der Waals surface area contributed by atoms with Gasteiger partial charge >= 0.3 is 35.5 Å². The van der Waals surface area contributed by atoms with Gasteiger partial charge in [0.25, 0.3) is 0 Å². The molecule has 0 aliphatic carbocycles. The van der Waals surface area contributed by atoms with Gasteiger partial charge in [-0.05, 0) is 13.8 Å². The van der Waals surface area contributed by atoms with Gasteiger partial charge in [0, 0.05) is 0 Å². The summed E-state index contributed by atoms with van der Waals surface area (Å²) in [6.07, 6.45) is 0.519. The van der Waals surface area contributed by atoms with Crippen LogP contribution in [0.25, 0.3) is 0 Å². The molecule has 7 heteroatoms. The average molecular weight is 249 g/mol. The van der Waals surface area contributed by atoms with Crippen molar-refractivity contribution in [2.75, 3.05) is 12.3 Å². The maximum Gasteiger partial charge on any atom is 2.00 e. The van der Waals surface area contributed by atoms with Crippen molar-refractivity contribution in [3.8, 4) is 0 Å². The molecule has 0 aromatic rings. The molecule has 0 bridgehead atoms. The Morgan fingerprint density at radius 2 is 1.09 bits per heavy atom. The van der Waals surface area contributed by atoms with Crippen LogP contribution in [0.3, 0.4) is 0 Å². The maximum atomic E-state index is 9.41. The minimum Gasteiger partial charge on any atom is -0.596 e. The first kappa shape index (κ1) is 17.7. The van der Waals surface area contributed by atoms with Crippen molar-refractivity contribution in [2.45, 2.75) is 13.8 Å². The Morgan fingerprint density at radius 3 is 1.09 bits per heavy atom. The van der Waals surface area contributed by atoms with Crippen LogP contribution in [0.5, 0.6) is 0 Å². The van der Waals surface area contributed by atoms with Gasteiger partial charge in [-0.1, -0.05) is 9.13 Å². The molecular weight excluding hydrogens is 239 g/mol. The van der Waals surface area contributed by atoms with Crippen LogP contribution in [0.15, 0.2) is 0 Å². The molecule has 60 valence electrons. The first-order chi connectivity index (χ1) is 4.54. The molecule has 0 fully saturated rings. The van der Waals surface area contributed by atoms with Crippen molar-refractivity contribution in [1.29, 1.82) is 0 Å². The van der Waals surface area contributed by atoms with E-state index >= 15 is 0 Å². The van der Waals surface area contributed by atoms with Crippen molar-refractivity contribution in [3.05, 3.63) is 0 Å². The summed E-state index contributed by atoms with van der Waals surface area (Å²) in [7, 11) is -4.20. The van der Waals surface area contributed by atoms with E-state index < -0.39 is 16.1 Å². The van der Waals surface area contributed by atoms with E-state index in [9.17, 15) is 18.9 Å². The minimum atomic E-state index is -2.10. The predicted molar refractivity (Wildman–Crippen MR) is 36.3 cm³/mol. The van der Waals surface area contributed by atoms with E-state index in [1.807, 2.05) is 0 Å². The van der Waals surface area contributed by atoms with Crippen LogP contribution in [0, 0.1) is 0 Å². The summed E-state index contributed by atoms with van der Waals surface area (Å²) >= 11 is 0. The third kappa shape index (κ3) is 36.5. The standard InChI is InChI=1S/2C2H5O2P.Zn/c2*1-2-5(3)4;/h2*2H2,1H3;/q;;+2. The molecule has 0 aliphatic heterocycles. The first-order valence-corrected chi connectivity index (χ1v) is 5.50. The topological polar surface area (TPSA) is 80.3 Å². The van der Waals surface area contributed by atoms with E-state index in [1.165, 1.54) is 0 Å². The zero-order chi connectivity index (χ0) is 8.57. The van der Waals surface area contributed by atoms with Crippen molar-refractivity contribution >= 4 is 16.1 Å². The number of hydrogen-bond donors (Lipinski definition) is 0. The summed E-state index contributed by atoms with van der Waals surface area (Å²) in [5.41, 5.74) is 0. The second kappa shape index (κ2) is 13.3. The molecule has 0 saturated heterocycles. The summed E-state index contributed by atoms with van der Waals surface area (Å²) in [4.78, 5) is 18.8. The maximum absolute atomic E-state index is 9.41. The molecule has 0 radical (unpaired) electrons. The van der Waals surface area contributed by atoms with Crippen LogP contribution in [-0.4, -0.2) is 12.3 Å². The Hall–Kier alpha value is 0.743. The molecule has 2 atom stereocenters. The van der Waals surface area contributed by atoms with E-state index in [2.05, 4.69) is 0 Å². The smallest absolute Gasteiger partial charge is 0.596 e. The van der Waals surface area contributed by atoms with Gasteiger partial charge < -0.3 is 9.79 Å². The second-order valence-corrected chi connectivity index (χ2v) is 3.89. The SMILES string of the molecule is CC[P+](=O)[O-].CC[P+](=O)[O-].[Zn+2]. The van der Waals surface area contributed by atoms with Crippen LogP contribution in [0.4, 0.5) is 0 Å². The molecule has 0 amide bonds. The van der Waals surface area contributed by atoms with Gasteiger partial charge in [-0.2, -0.15) is 0 Å². The van der Waals surface area contributed by atoms with Crippen LogP contribution < -0.4 is 9.79 Å². The van der Waals surface area contributed by atoms with Gasteiger partial charge in [0.2, 0.25) is 0 Å². The monoisotopic (exact) mass is 248 g/mol. The minimum absolute atomic E-state index is 0. The molecule has 0 N–H and O–H groups in total. The van der Waals surface area contributed by atoms with Crippen molar-refractivity contribution in [2.24, 2.45) is 0 Å². The summed E-state index contributed by atoms with van der Waals surface area (Å²) in [6.45, 7) is 3.21. The molecule has 2 unspecified atom stereocenters. The summed E-state index contributed by atoms with van der Waals surface area (Å²) in [5.74, 6) is 0. The Morgan fingerprint density at radius 1 is 1.00 bits per heavy atom. The summed E-state index contributed by atoms with van der Waals surface area (Å²) < 4.78 is 18.8. The zero-order valence-electron chi connectivity index (χ0n) is 6.65. The molecule has 0 heterocycles. The Kier molecular flexibility index (Phi) is 21.5. The Labute approximate surface area is 80.9 Å². The fraction of sp³-hybridized carbons (Fsp3) is 1.00. The fourth-order valence-electron chi connectivity index (χ4n) is 0. The molecule has 11 heavy (non-hydrogen) atoms. The molecule has 0 spiro atoms. The van der Waals surface area contributed by atoms with Gasteiger partial charge in [-0.3, -0.25) is 0 Å². The third-order valence-electron chi connectivity index (χ3n) is 0.516. The van der Waals surface area contributed by atoms with Crippen LogP contribution in [0.1, 0.15) is 13.8 Å². The molecule has 0 aromatic carbocycles. The predicted octanol–water partition coefficient (Wildman–Crippen LogP) is 0.215. The molecule has 0 rings (SSSR count). The number of rotatable bonds is 2. The Bertz CT molecular complexity index is 105. The van der Waals surface area contributed by atoms with Gasteiger partial charge in [-0.15, -0.1) is 0 Å². The van der Waals surface area contributed by atoms with Crippen molar-refractivity contribution < 1.29 is 38.4 Å². The van der Waals surface area contributed by atoms with Gasteiger partial charge in [-0.25, -0.2) is 0 Å². The van der Waals surface area contributed by atoms with Gasteiger partial charge in [0.1, 0.15) is 12.3 Å². The van der Waals surface area contributed by atoms with Crippen LogP contribution in [0.2, 0.25) is 0 Å². The van der Waals surface area contributed by atoms with Crippen LogP contribution in [-0.2, 0) is 28.6 Å². The largest absolute Gasteiger partial charge is 2.00 e. The number of hydrogen-bond acceptors (Lipinski definition) is 4. The molecule has 0 saturated carbocycles. The van der Waals surface area contributed by atoms with E-state index in [-0.39, 0.29) is 31.8 Å². The normalized spacial score (nSPS) is 10.2. The first-order valence-electron chi connectivity index (χ1n) is 2.78. The van der Waals surface area contributed by atoms with E-state index in [4.69, 9.17) is 0 Å². The van der Waals surface area contributed by atoms with Crippen LogP contribution >= 0.6 is 16.1 Å². The summed E-state index contributed by atoms with van der Waals surface area (Å²) in [6, 6.07) is 0. The van der Waals surface area contributed by atoms with E-state index in [1.54, 1.807) is 13.8 Å². The fourth-order valence-corrected chi connectivity index (χ4v) is 0. The average Bonchev–Trinajstić information content (AvgIpc) is 1.89. The van der Waals surface area contributed by atoms with Gasteiger partial charge in [0.05, 0.1) is 0 Å². The molecule has 0 aliphatic rings. The zero-order valence-corrected chi connectivity index (χ0v) is 11.4. The van der Waals surface area contributed by atoms with Gasteiger partial charge in [0.15, 0.2) is 0 Å². The second-order valence-electron chi connectivity index (χ2n) is 1.30. The quantitative estimate of drug-likeness (QED) is 0.518. The van der Waals surface area contributed by atoms with E-state index in [0.29, 0.717) is 0 Å². The molecule has 0 aromatic heterocycles. The van der Waals surface area contributed by atoms with E-state index in [0.717, 1.165) is 0 Å². The molecular formula is C4H10O4P2Zn+2. The Balaban J connectivity index is -0.000000107.